The Labute approximate surface area is 142 Å². The number of hydrogen-bond donors (Lipinski definition) is 2. The lowest BCUT2D eigenvalue weighted by Crippen LogP contribution is -2.22. The number of nitrogens with two attached hydrogens (primary N) is 1. The summed E-state index contributed by atoms with van der Waals surface area (Å²) in [5, 5.41) is 3.06. The van der Waals surface area contributed by atoms with Gasteiger partial charge in [0.1, 0.15) is 5.82 Å². The molecule has 24 heavy (non-hydrogen) atoms. The minimum Gasteiger partial charge on any atom is -0.395 e. The predicted molar refractivity (Wildman–Crippen MR) is 89.1 cm³/mol. The van der Waals surface area contributed by atoms with E-state index in [1.54, 1.807) is 13.2 Å². The lowest BCUT2D eigenvalue weighted by molar-refractivity contribution is -0.137. The lowest BCUT2D eigenvalue weighted by atomic mass is 10.0. The number of anilines is 2. The Morgan fingerprint density at radius 3 is 2.58 bits per heavy atom. The van der Waals surface area contributed by atoms with Crippen LogP contribution in [0.25, 0.3) is 11.1 Å². The number of benzene rings is 1. The molecule has 1 aromatic carbocycles. The van der Waals surface area contributed by atoms with Crippen LogP contribution in [-0.2, 0) is 10.9 Å². The van der Waals surface area contributed by atoms with Gasteiger partial charge in [-0.3, -0.25) is 0 Å². The zero-order valence-corrected chi connectivity index (χ0v) is 13.9. The van der Waals surface area contributed by atoms with Crippen LogP contribution < -0.4 is 11.1 Å². The van der Waals surface area contributed by atoms with Crippen molar-refractivity contribution in [1.29, 1.82) is 0 Å². The molecule has 0 fully saturated rings. The molecule has 2 aromatic rings. The second-order valence-electron chi connectivity index (χ2n) is 5.31. The Kier molecular flexibility index (Phi) is 5.56. The number of rotatable bonds is 5. The summed E-state index contributed by atoms with van der Waals surface area (Å²) in [6.45, 7) is 2.34. The third-order valence-corrected chi connectivity index (χ3v) is 3.69. The van der Waals surface area contributed by atoms with E-state index < -0.39 is 11.7 Å². The first-order valence-corrected chi connectivity index (χ1v) is 7.49. The fraction of sp³-hybridized carbons (Fsp3) is 0.312. The van der Waals surface area contributed by atoms with Gasteiger partial charge in [0, 0.05) is 35.5 Å². The zero-order chi connectivity index (χ0) is 17.9. The van der Waals surface area contributed by atoms with E-state index in [-0.39, 0.29) is 11.1 Å². The van der Waals surface area contributed by atoms with E-state index in [1.807, 2.05) is 6.92 Å². The molecule has 0 saturated carbocycles. The molecule has 4 nitrogen and oxygen atoms in total. The largest absolute Gasteiger partial charge is 0.416 e. The lowest BCUT2D eigenvalue weighted by Gasteiger charge is -2.17. The zero-order valence-electron chi connectivity index (χ0n) is 13.1. The van der Waals surface area contributed by atoms with Crippen LogP contribution >= 0.6 is 11.6 Å². The Balaban J connectivity index is 2.39. The fourth-order valence-electron chi connectivity index (χ4n) is 2.26. The van der Waals surface area contributed by atoms with Crippen molar-refractivity contribution in [3.8, 4) is 11.1 Å². The summed E-state index contributed by atoms with van der Waals surface area (Å²) in [7, 11) is 1.58. The summed E-state index contributed by atoms with van der Waals surface area (Å²) in [5.41, 5.74) is 6.52. The van der Waals surface area contributed by atoms with Crippen LogP contribution in [0.1, 0.15) is 12.5 Å². The van der Waals surface area contributed by atoms with Crippen LogP contribution in [0.5, 0.6) is 0 Å². The molecule has 3 N–H and O–H groups in total. The second kappa shape index (κ2) is 7.27. The standard InChI is InChI=1S/C16H17ClF3N3O/c1-9(8-24-2)23-15-14(21)12(5-6-22-15)11-4-3-10(7-13(11)17)16(18,19)20/h3-7,9H,8,21H2,1-2H3,(H,22,23). The summed E-state index contributed by atoms with van der Waals surface area (Å²) >= 11 is 6.03. The van der Waals surface area contributed by atoms with Gasteiger partial charge in [-0.25, -0.2) is 4.98 Å². The number of hydrogen-bond acceptors (Lipinski definition) is 4. The summed E-state index contributed by atoms with van der Waals surface area (Å²) in [6, 6.07) is 4.73. The van der Waals surface area contributed by atoms with Gasteiger partial charge < -0.3 is 15.8 Å². The minimum atomic E-state index is -4.45. The maximum Gasteiger partial charge on any atom is 0.416 e. The van der Waals surface area contributed by atoms with E-state index in [0.29, 0.717) is 29.2 Å². The summed E-state index contributed by atoms with van der Waals surface area (Å²) < 4.78 is 43.3. The minimum absolute atomic E-state index is 0.0291. The molecule has 1 aromatic heterocycles. The average molecular weight is 360 g/mol. The molecule has 1 atom stereocenters. The SMILES string of the molecule is COCC(C)Nc1nccc(-c2ccc(C(F)(F)F)cc2Cl)c1N. The highest BCUT2D eigenvalue weighted by Crippen LogP contribution is 2.38. The molecular weight excluding hydrogens is 343 g/mol. The van der Waals surface area contributed by atoms with Crippen LogP contribution in [0.3, 0.4) is 0 Å². The highest BCUT2D eigenvalue weighted by atomic mass is 35.5. The van der Waals surface area contributed by atoms with E-state index in [4.69, 9.17) is 22.1 Å². The maximum absolute atomic E-state index is 12.7. The van der Waals surface area contributed by atoms with Gasteiger partial charge in [0.2, 0.25) is 0 Å². The van der Waals surface area contributed by atoms with Crippen molar-refractivity contribution in [2.24, 2.45) is 0 Å². The van der Waals surface area contributed by atoms with Gasteiger partial charge in [0.05, 0.1) is 17.9 Å². The van der Waals surface area contributed by atoms with E-state index in [1.165, 1.54) is 12.3 Å². The van der Waals surface area contributed by atoms with Gasteiger partial charge in [-0.1, -0.05) is 17.7 Å². The molecule has 0 amide bonds. The molecule has 8 heteroatoms. The number of ether oxygens (including phenoxy) is 1. The molecule has 1 heterocycles. The third kappa shape index (κ3) is 4.10. The van der Waals surface area contributed by atoms with E-state index in [9.17, 15) is 13.2 Å². The molecule has 0 radical (unpaired) electrons. The van der Waals surface area contributed by atoms with Gasteiger partial charge >= 0.3 is 6.18 Å². The van der Waals surface area contributed by atoms with Gasteiger partial charge in [0.15, 0.2) is 0 Å². The quantitative estimate of drug-likeness (QED) is 0.828. The highest BCUT2D eigenvalue weighted by molar-refractivity contribution is 6.33. The Morgan fingerprint density at radius 1 is 1.29 bits per heavy atom. The Bertz CT molecular complexity index is 722. The van der Waals surface area contributed by atoms with Crippen LogP contribution in [0, 0.1) is 0 Å². The van der Waals surface area contributed by atoms with Gasteiger partial charge in [-0.2, -0.15) is 13.2 Å². The summed E-state index contributed by atoms with van der Waals surface area (Å²) in [5.74, 6) is 0.424. The van der Waals surface area contributed by atoms with E-state index >= 15 is 0 Å². The molecule has 1 unspecified atom stereocenters. The van der Waals surface area contributed by atoms with Crippen LogP contribution in [0.15, 0.2) is 30.5 Å². The van der Waals surface area contributed by atoms with Gasteiger partial charge in [-0.15, -0.1) is 0 Å². The number of nitrogens with zero attached hydrogens (tertiary/aromatic N) is 1. The first-order valence-electron chi connectivity index (χ1n) is 7.11. The normalized spacial score (nSPS) is 12.9. The molecule has 130 valence electrons. The van der Waals surface area contributed by atoms with E-state index in [2.05, 4.69) is 10.3 Å². The molecule has 0 aliphatic carbocycles. The molecule has 0 saturated heterocycles. The highest BCUT2D eigenvalue weighted by Gasteiger charge is 2.31. The molecule has 0 spiro atoms. The average Bonchev–Trinajstić information content (AvgIpc) is 2.49. The number of halogens is 4. The molecular formula is C16H17ClF3N3O. The molecule has 0 aliphatic rings. The Hall–Kier alpha value is -1.99. The fourth-order valence-corrected chi connectivity index (χ4v) is 2.54. The number of nitrogens with one attached hydrogen (secondary N) is 1. The second-order valence-corrected chi connectivity index (χ2v) is 5.72. The third-order valence-electron chi connectivity index (χ3n) is 3.38. The van der Waals surface area contributed by atoms with E-state index in [0.717, 1.165) is 12.1 Å². The van der Waals surface area contributed by atoms with Crippen molar-refractivity contribution in [1.82, 2.24) is 4.98 Å². The van der Waals surface area contributed by atoms with Crippen LogP contribution in [0.2, 0.25) is 5.02 Å². The van der Waals surface area contributed by atoms with Crippen LogP contribution in [0.4, 0.5) is 24.7 Å². The van der Waals surface area contributed by atoms with Crippen molar-refractivity contribution in [3.05, 3.63) is 41.0 Å². The molecule has 0 aliphatic heterocycles. The first kappa shape index (κ1) is 18.4. The topological polar surface area (TPSA) is 60.2 Å². The van der Waals surface area contributed by atoms with Crippen molar-refractivity contribution in [2.75, 3.05) is 24.8 Å². The number of aromatic nitrogens is 1. The summed E-state index contributed by atoms with van der Waals surface area (Å²) in [4.78, 5) is 4.16. The van der Waals surface area contributed by atoms with Gasteiger partial charge in [-0.05, 0) is 25.1 Å². The number of nitrogen functional groups attached to an aromatic ring is 1. The summed E-state index contributed by atoms with van der Waals surface area (Å²) in [6.07, 6.45) is -2.93. The van der Waals surface area contributed by atoms with Crippen molar-refractivity contribution in [2.45, 2.75) is 19.1 Å². The number of alkyl halides is 3. The monoisotopic (exact) mass is 359 g/mol. The van der Waals surface area contributed by atoms with Crippen molar-refractivity contribution >= 4 is 23.1 Å². The Morgan fingerprint density at radius 2 is 2.00 bits per heavy atom. The first-order chi connectivity index (χ1) is 11.2. The van der Waals surface area contributed by atoms with Crippen molar-refractivity contribution < 1.29 is 17.9 Å². The molecule has 0 bridgehead atoms. The maximum atomic E-state index is 12.7. The predicted octanol–water partition coefficient (Wildman–Crippen LogP) is 4.45. The van der Waals surface area contributed by atoms with Gasteiger partial charge in [0.25, 0.3) is 0 Å². The van der Waals surface area contributed by atoms with Crippen molar-refractivity contribution in [3.63, 3.8) is 0 Å². The molecule has 2 rings (SSSR count). The van der Waals surface area contributed by atoms with Crippen LogP contribution in [-0.4, -0.2) is 24.7 Å². The number of methoxy groups -OCH3 is 1. The smallest absolute Gasteiger partial charge is 0.395 e. The number of pyridine rings is 1.